The van der Waals surface area contributed by atoms with Crippen molar-refractivity contribution in [3.8, 4) is 0 Å². The summed E-state index contributed by atoms with van der Waals surface area (Å²) < 4.78 is 24.8. The molecule has 0 spiro atoms. The van der Waals surface area contributed by atoms with Crippen LogP contribution in [0.3, 0.4) is 0 Å². The van der Waals surface area contributed by atoms with Crippen LogP contribution in [-0.2, 0) is 9.84 Å². The lowest BCUT2D eigenvalue weighted by Crippen LogP contribution is -2.36. The molecule has 0 aliphatic heterocycles. The van der Waals surface area contributed by atoms with E-state index in [4.69, 9.17) is 0 Å². The first-order valence-corrected chi connectivity index (χ1v) is 14.5. The summed E-state index contributed by atoms with van der Waals surface area (Å²) in [6, 6.07) is 0. The van der Waals surface area contributed by atoms with Crippen LogP contribution in [0.4, 0.5) is 0 Å². The first kappa shape index (κ1) is 27.4. The average molecular weight is 491 g/mol. The SMILES string of the molecule is C=C1/C(=C\C=C2/CCC[C@]3(C)[C@@H]([C@H](C)C/C=C(\C)S(=O)(=O)C(C)(C)C)CC[C@@H]23)C[C@H](O)C[C@H]1O. The van der Waals surface area contributed by atoms with Crippen LogP contribution < -0.4 is 0 Å². The largest absolute Gasteiger partial charge is 0.393 e. The Morgan fingerprint density at radius 3 is 2.56 bits per heavy atom. The molecule has 6 atom stereocenters. The zero-order valence-corrected chi connectivity index (χ0v) is 22.9. The molecular weight excluding hydrogens is 444 g/mol. The van der Waals surface area contributed by atoms with Crippen LogP contribution in [-0.4, -0.2) is 35.6 Å². The summed E-state index contributed by atoms with van der Waals surface area (Å²) in [6.07, 6.45) is 12.7. The minimum Gasteiger partial charge on any atom is -0.393 e. The van der Waals surface area contributed by atoms with Crippen molar-refractivity contribution in [2.75, 3.05) is 0 Å². The highest BCUT2D eigenvalue weighted by Crippen LogP contribution is 2.59. The lowest BCUT2D eigenvalue weighted by molar-refractivity contribution is 0.0862. The van der Waals surface area contributed by atoms with E-state index in [1.54, 1.807) is 27.7 Å². The maximum atomic E-state index is 12.8. The molecule has 0 saturated heterocycles. The number of aliphatic hydroxyl groups is 2. The molecule has 0 aromatic carbocycles. The molecular formula is C29H46O4S. The van der Waals surface area contributed by atoms with Crippen molar-refractivity contribution in [1.82, 2.24) is 0 Å². The van der Waals surface area contributed by atoms with Crippen LogP contribution in [0.1, 0.15) is 92.9 Å². The minimum atomic E-state index is -3.27. The van der Waals surface area contributed by atoms with Crippen molar-refractivity contribution in [1.29, 1.82) is 0 Å². The van der Waals surface area contributed by atoms with Crippen LogP contribution in [0.2, 0.25) is 0 Å². The number of aliphatic hydroxyl groups excluding tert-OH is 2. The quantitative estimate of drug-likeness (QED) is 0.476. The van der Waals surface area contributed by atoms with E-state index in [9.17, 15) is 18.6 Å². The molecule has 0 unspecified atom stereocenters. The van der Waals surface area contributed by atoms with E-state index in [-0.39, 0.29) is 5.41 Å². The zero-order chi connectivity index (χ0) is 25.5. The predicted molar refractivity (Wildman–Crippen MR) is 141 cm³/mol. The van der Waals surface area contributed by atoms with Gasteiger partial charge in [0.2, 0.25) is 0 Å². The van der Waals surface area contributed by atoms with Crippen LogP contribution in [0, 0.1) is 23.2 Å². The summed E-state index contributed by atoms with van der Waals surface area (Å²) >= 11 is 0. The van der Waals surface area contributed by atoms with E-state index >= 15 is 0 Å². The molecule has 0 aromatic rings. The first-order valence-electron chi connectivity index (χ1n) is 13.0. The fourth-order valence-corrected chi connectivity index (χ4v) is 8.07. The van der Waals surface area contributed by atoms with Crippen LogP contribution in [0.5, 0.6) is 0 Å². The number of sulfone groups is 1. The number of hydrogen-bond donors (Lipinski definition) is 2. The summed E-state index contributed by atoms with van der Waals surface area (Å²) in [7, 11) is -3.27. The molecule has 5 heteroatoms. The standard InChI is InChI=1S/C29H46O4S/c1-19(10-11-20(2)34(32,33)28(4,5)6)25-14-15-26-22(9-8-16-29(25,26)7)12-13-23-17-24(30)18-27(31)21(23)3/h11-13,19,24-27,30-31H,3,8-10,14-18H2,1-2,4-7H3/b20-11+,22-12+,23-13-/t19-,24+,25-,26+,27-,29-/m1/s1. The van der Waals surface area contributed by atoms with Crippen molar-refractivity contribution < 1.29 is 18.6 Å². The van der Waals surface area contributed by atoms with E-state index in [1.165, 1.54) is 31.3 Å². The van der Waals surface area contributed by atoms with E-state index in [0.717, 1.165) is 24.0 Å². The van der Waals surface area contributed by atoms with Gasteiger partial charge >= 0.3 is 0 Å². The molecule has 3 rings (SSSR count). The number of fused-ring (bicyclic) bond motifs is 1. The van der Waals surface area contributed by atoms with Gasteiger partial charge in [-0.3, -0.25) is 0 Å². The molecule has 192 valence electrons. The van der Waals surface area contributed by atoms with Crippen LogP contribution >= 0.6 is 0 Å². The molecule has 0 heterocycles. The number of allylic oxidation sites excluding steroid dienone is 5. The van der Waals surface area contributed by atoms with Crippen molar-refractivity contribution in [3.63, 3.8) is 0 Å². The Morgan fingerprint density at radius 1 is 1.24 bits per heavy atom. The number of rotatable bonds is 5. The Hall–Kier alpha value is -1.17. The van der Waals surface area contributed by atoms with Gasteiger partial charge in [-0.2, -0.15) is 0 Å². The van der Waals surface area contributed by atoms with Crippen LogP contribution in [0.15, 0.2) is 46.4 Å². The molecule has 3 fully saturated rings. The third-order valence-electron chi connectivity index (χ3n) is 9.00. The van der Waals surface area contributed by atoms with E-state index in [2.05, 4.69) is 32.6 Å². The Balaban J connectivity index is 1.76. The summed E-state index contributed by atoms with van der Waals surface area (Å²) in [5.41, 5.74) is 3.43. The van der Waals surface area contributed by atoms with Gasteiger partial charge in [-0.1, -0.05) is 44.2 Å². The summed E-state index contributed by atoms with van der Waals surface area (Å²) in [6.45, 7) is 15.8. The molecule has 4 nitrogen and oxygen atoms in total. The topological polar surface area (TPSA) is 74.6 Å². The van der Waals surface area contributed by atoms with Gasteiger partial charge in [0.15, 0.2) is 9.84 Å². The molecule has 3 aliphatic carbocycles. The monoisotopic (exact) mass is 490 g/mol. The minimum absolute atomic E-state index is 0.231. The lowest BCUT2D eigenvalue weighted by Gasteiger charge is -2.44. The Morgan fingerprint density at radius 2 is 1.91 bits per heavy atom. The van der Waals surface area contributed by atoms with Crippen molar-refractivity contribution in [2.45, 2.75) is 110 Å². The fourth-order valence-electron chi connectivity index (χ4n) is 6.79. The summed E-state index contributed by atoms with van der Waals surface area (Å²) in [5.74, 6) is 1.55. The molecule has 2 N–H and O–H groups in total. The molecule has 0 radical (unpaired) electrons. The highest BCUT2D eigenvalue weighted by Gasteiger charge is 2.50. The third-order valence-corrected chi connectivity index (χ3v) is 11.6. The van der Waals surface area contributed by atoms with E-state index < -0.39 is 26.8 Å². The van der Waals surface area contributed by atoms with Gasteiger partial charge < -0.3 is 10.2 Å². The average Bonchev–Trinajstić information content (AvgIpc) is 3.09. The van der Waals surface area contributed by atoms with Gasteiger partial charge in [0.1, 0.15) is 0 Å². The van der Waals surface area contributed by atoms with E-state index in [1.807, 2.05) is 6.08 Å². The van der Waals surface area contributed by atoms with Gasteiger partial charge in [-0.15, -0.1) is 0 Å². The van der Waals surface area contributed by atoms with Crippen molar-refractivity contribution in [3.05, 3.63) is 46.4 Å². The molecule has 0 amide bonds. The smallest absolute Gasteiger partial charge is 0.178 e. The highest BCUT2D eigenvalue weighted by molar-refractivity contribution is 7.96. The second-order valence-electron chi connectivity index (χ2n) is 12.3. The molecule has 0 bridgehead atoms. The summed E-state index contributed by atoms with van der Waals surface area (Å²) in [5, 5.41) is 20.2. The van der Waals surface area contributed by atoms with Crippen molar-refractivity contribution >= 4 is 9.84 Å². The maximum absolute atomic E-state index is 12.8. The Bertz CT molecular complexity index is 978. The summed E-state index contributed by atoms with van der Waals surface area (Å²) in [4.78, 5) is 0.500. The number of hydrogen-bond acceptors (Lipinski definition) is 4. The Kier molecular flexibility index (Phi) is 8.12. The molecule has 3 saturated carbocycles. The van der Waals surface area contributed by atoms with E-state index in [0.29, 0.717) is 35.5 Å². The Labute approximate surface area is 207 Å². The van der Waals surface area contributed by atoms with Gasteiger partial charge in [0.05, 0.1) is 17.0 Å². The molecule has 0 aromatic heterocycles. The first-order chi connectivity index (χ1) is 15.7. The van der Waals surface area contributed by atoms with Gasteiger partial charge in [-0.05, 0) is 107 Å². The van der Waals surface area contributed by atoms with Crippen molar-refractivity contribution in [2.24, 2.45) is 23.2 Å². The van der Waals surface area contributed by atoms with Gasteiger partial charge in [-0.25, -0.2) is 8.42 Å². The third kappa shape index (κ3) is 5.32. The normalized spacial score (nSPS) is 36.7. The molecule has 34 heavy (non-hydrogen) atoms. The highest BCUT2D eigenvalue weighted by atomic mass is 32.2. The lowest BCUT2D eigenvalue weighted by atomic mass is 9.61. The maximum Gasteiger partial charge on any atom is 0.178 e. The second-order valence-corrected chi connectivity index (χ2v) is 15.2. The fraction of sp³-hybridized carbons (Fsp3) is 0.724. The second kappa shape index (κ2) is 10.1. The van der Waals surface area contributed by atoms with Gasteiger partial charge in [0, 0.05) is 11.3 Å². The molecule has 3 aliphatic rings. The predicted octanol–water partition coefficient (Wildman–Crippen LogP) is 6.27. The zero-order valence-electron chi connectivity index (χ0n) is 22.1. The van der Waals surface area contributed by atoms with Crippen LogP contribution in [0.25, 0.3) is 0 Å². The van der Waals surface area contributed by atoms with Gasteiger partial charge in [0.25, 0.3) is 0 Å².